The molecule has 4 rings (SSSR count). The minimum atomic E-state index is 0.00845. The Morgan fingerprint density at radius 3 is 2.09 bits per heavy atom. The third kappa shape index (κ3) is 6.88. The molecule has 0 saturated carbocycles. The van der Waals surface area contributed by atoms with Crippen molar-refractivity contribution in [3.63, 3.8) is 0 Å². The number of hydrogen-bond acceptors (Lipinski definition) is 6. The summed E-state index contributed by atoms with van der Waals surface area (Å²) in [6, 6.07) is 10.3. The first-order chi connectivity index (χ1) is 16.5. The molecule has 8 heteroatoms. The molecule has 34 heavy (non-hydrogen) atoms. The van der Waals surface area contributed by atoms with Gasteiger partial charge in [0.25, 0.3) is 0 Å². The number of thiophene rings is 1. The molecule has 2 aliphatic rings. The van der Waals surface area contributed by atoms with E-state index in [0.29, 0.717) is 26.2 Å². The van der Waals surface area contributed by atoms with E-state index in [0.717, 1.165) is 69.0 Å². The van der Waals surface area contributed by atoms with Crippen LogP contribution in [-0.2, 0) is 16.0 Å². The van der Waals surface area contributed by atoms with Crippen LogP contribution in [0.3, 0.4) is 0 Å². The summed E-state index contributed by atoms with van der Waals surface area (Å²) >= 11 is 1.83. The summed E-state index contributed by atoms with van der Waals surface area (Å²) in [6.45, 7) is 12.8. The van der Waals surface area contributed by atoms with Crippen LogP contribution in [0.15, 0.2) is 35.7 Å². The van der Waals surface area contributed by atoms with E-state index in [-0.39, 0.29) is 11.8 Å². The van der Waals surface area contributed by atoms with E-state index in [9.17, 15) is 9.59 Å². The molecule has 7 nitrogen and oxygen atoms in total. The van der Waals surface area contributed by atoms with Crippen LogP contribution < -0.4 is 5.32 Å². The highest BCUT2D eigenvalue weighted by molar-refractivity contribution is 7.09. The molecular formula is C26H37N5O2S. The summed E-state index contributed by atoms with van der Waals surface area (Å²) < 4.78 is 0. The SMILES string of the molecule is Cc1cccc(C)c1NC(=O)CN1CCN(C(=O)CN2CCN(CCc3cccs3)CC2)CC1. The second kappa shape index (κ2) is 11.9. The summed E-state index contributed by atoms with van der Waals surface area (Å²) in [4.78, 5) is 35.7. The number of para-hydroxylation sites is 1. The third-order valence-electron chi connectivity index (χ3n) is 6.92. The van der Waals surface area contributed by atoms with Crippen molar-refractivity contribution in [2.75, 3.05) is 77.3 Å². The van der Waals surface area contributed by atoms with Gasteiger partial charge in [-0.15, -0.1) is 11.3 Å². The van der Waals surface area contributed by atoms with E-state index < -0.39 is 0 Å². The fourth-order valence-electron chi connectivity index (χ4n) is 4.73. The Morgan fingerprint density at radius 2 is 1.44 bits per heavy atom. The van der Waals surface area contributed by atoms with Crippen LogP contribution >= 0.6 is 11.3 Å². The van der Waals surface area contributed by atoms with Gasteiger partial charge in [0, 0.05) is 69.5 Å². The molecule has 2 saturated heterocycles. The van der Waals surface area contributed by atoms with Gasteiger partial charge < -0.3 is 15.1 Å². The van der Waals surface area contributed by atoms with Gasteiger partial charge in [0.05, 0.1) is 13.1 Å². The van der Waals surface area contributed by atoms with Gasteiger partial charge in [-0.1, -0.05) is 24.3 Å². The summed E-state index contributed by atoms with van der Waals surface area (Å²) in [5.41, 5.74) is 3.06. The molecule has 184 valence electrons. The Balaban J connectivity index is 1.13. The van der Waals surface area contributed by atoms with Crippen molar-refractivity contribution < 1.29 is 9.59 Å². The number of carbonyl (C=O) groups is 2. The van der Waals surface area contributed by atoms with Crippen molar-refractivity contribution in [2.45, 2.75) is 20.3 Å². The Hall–Kier alpha value is -2.26. The Bertz CT molecular complexity index is 928. The van der Waals surface area contributed by atoms with Crippen LogP contribution in [0.5, 0.6) is 0 Å². The van der Waals surface area contributed by atoms with Crippen LogP contribution in [0.2, 0.25) is 0 Å². The summed E-state index contributed by atoms with van der Waals surface area (Å²) in [7, 11) is 0. The van der Waals surface area contributed by atoms with Gasteiger partial charge in [-0.2, -0.15) is 0 Å². The van der Waals surface area contributed by atoms with Crippen molar-refractivity contribution >= 4 is 28.8 Å². The van der Waals surface area contributed by atoms with Crippen molar-refractivity contribution in [1.82, 2.24) is 19.6 Å². The maximum absolute atomic E-state index is 12.8. The van der Waals surface area contributed by atoms with Crippen molar-refractivity contribution in [3.8, 4) is 0 Å². The number of aryl methyl sites for hydroxylation is 2. The Labute approximate surface area is 207 Å². The smallest absolute Gasteiger partial charge is 0.238 e. The number of benzene rings is 1. The van der Waals surface area contributed by atoms with E-state index in [1.807, 2.05) is 48.3 Å². The van der Waals surface area contributed by atoms with Crippen LogP contribution in [0.25, 0.3) is 0 Å². The van der Waals surface area contributed by atoms with E-state index in [1.165, 1.54) is 4.88 Å². The lowest BCUT2D eigenvalue weighted by atomic mass is 10.1. The fraction of sp³-hybridized carbons (Fsp3) is 0.538. The third-order valence-corrected chi connectivity index (χ3v) is 7.85. The quantitative estimate of drug-likeness (QED) is 0.625. The number of hydrogen-bond donors (Lipinski definition) is 1. The number of nitrogens with zero attached hydrogens (tertiary/aromatic N) is 4. The van der Waals surface area contributed by atoms with Gasteiger partial charge in [0.1, 0.15) is 0 Å². The molecule has 2 amide bonds. The number of amides is 2. The number of anilines is 1. The first-order valence-electron chi connectivity index (χ1n) is 12.3. The molecule has 0 radical (unpaired) electrons. The first kappa shape index (κ1) is 24.9. The molecule has 0 bridgehead atoms. The van der Waals surface area contributed by atoms with Crippen LogP contribution in [-0.4, -0.2) is 103 Å². The molecule has 1 aromatic carbocycles. The summed E-state index contributed by atoms with van der Waals surface area (Å²) in [5.74, 6) is 0.223. The van der Waals surface area contributed by atoms with E-state index in [4.69, 9.17) is 0 Å². The van der Waals surface area contributed by atoms with Gasteiger partial charge >= 0.3 is 0 Å². The highest BCUT2D eigenvalue weighted by atomic mass is 32.1. The molecule has 2 aromatic rings. The predicted octanol–water partition coefficient (Wildman–Crippen LogP) is 2.31. The van der Waals surface area contributed by atoms with E-state index in [2.05, 4.69) is 37.5 Å². The normalized spacial score (nSPS) is 18.2. The molecule has 3 heterocycles. The van der Waals surface area contributed by atoms with Crippen LogP contribution in [0, 0.1) is 13.8 Å². The number of nitrogens with one attached hydrogen (secondary N) is 1. The lowest BCUT2D eigenvalue weighted by Gasteiger charge is -2.37. The molecule has 0 atom stereocenters. The van der Waals surface area contributed by atoms with Crippen molar-refractivity contribution in [2.24, 2.45) is 0 Å². The topological polar surface area (TPSA) is 59.1 Å². The Morgan fingerprint density at radius 1 is 0.824 bits per heavy atom. The standard InChI is InChI=1S/C26H37N5O2S/c1-21-5-3-6-22(2)26(21)27-24(32)19-29-14-16-31(17-15-29)25(33)20-30-12-10-28(11-13-30)9-8-23-7-4-18-34-23/h3-7,18H,8-17,19-20H2,1-2H3,(H,27,32). The lowest BCUT2D eigenvalue weighted by molar-refractivity contribution is -0.134. The monoisotopic (exact) mass is 483 g/mol. The molecule has 1 N–H and O–H groups in total. The minimum absolute atomic E-state index is 0.00845. The maximum Gasteiger partial charge on any atom is 0.238 e. The van der Waals surface area contributed by atoms with E-state index in [1.54, 1.807) is 0 Å². The average molecular weight is 484 g/mol. The highest BCUT2D eigenvalue weighted by Gasteiger charge is 2.25. The second-order valence-corrected chi connectivity index (χ2v) is 10.5. The predicted molar refractivity (Wildman–Crippen MR) is 138 cm³/mol. The highest BCUT2D eigenvalue weighted by Crippen LogP contribution is 2.19. The van der Waals surface area contributed by atoms with Crippen molar-refractivity contribution in [3.05, 3.63) is 51.7 Å². The van der Waals surface area contributed by atoms with Gasteiger partial charge in [0.2, 0.25) is 11.8 Å². The zero-order chi connectivity index (χ0) is 23.9. The maximum atomic E-state index is 12.8. The Kier molecular flexibility index (Phi) is 8.72. The van der Waals surface area contributed by atoms with Gasteiger partial charge in [-0.3, -0.25) is 19.4 Å². The lowest BCUT2D eigenvalue weighted by Crippen LogP contribution is -2.54. The van der Waals surface area contributed by atoms with Crippen molar-refractivity contribution in [1.29, 1.82) is 0 Å². The molecule has 0 aliphatic carbocycles. The average Bonchev–Trinajstić information content (AvgIpc) is 3.35. The zero-order valence-electron chi connectivity index (χ0n) is 20.5. The fourth-order valence-corrected chi connectivity index (χ4v) is 5.43. The molecular weight excluding hydrogens is 446 g/mol. The molecule has 0 unspecified atom stereocenters. The zero-order valence-corrected chi connectivity index (χ0v) is 21.3. The van der Waals surface area contributed by atoms with Crippen LogP contribution in [0.4, 0.5) is 5.69 Å². The van der Waals surface area contributed by atoms with Gasteiger partial charge in [-0.05, 0) is 42.8 Å². The van der Waals surface area contributed by atoms with E-state index >= 15 is 0 Å². The summed E-state index contributed by atoms with van der Waals surface area (Å²) in [5, 5.41) is 5.20. The number of piperazine rings is 2. The summed E-state index contributed by atoms with van der Waals surface area (Å²) in [6.07, 6.45) is 1.11. The molecule has 2 fully saturated rings. The van der Waals surface area contributed by atoms with Gasteiger partial charge in [0.15, 0.2) is 0 Å². The van der Waals surface area contributed by atoms with Gasteiger partial charge in [-0.25, -0.2) is 0 Å². The molecule has 2 aliphatic heterocycles. The number of rotatable bonds is 8. The largest absolute Gasteiger partial charge is 0.339 e. The molecule has 1 aromatic heterocycles. The first-order valence-corrected chi connectivity index (χ1v) is 13.2. The number of carbonyl (C=O) groups excluding carboxylic acids is 2. The molecule has 0 spiro atoms. The minimum Gasteiger partial charge on any atom is -0.339 e. The second-order valence-electron chi connectivity index (χ2n) is 9.42. The van der Waals surface area contributed by atoms with Crippen LogP contribution in [0.1, 0.15) is 16.0 Å².